The van der Waals surface area contributed by atoms with Crippen LogP contribution in [0.2, 0.25) is 0 Å². The van der Waals surface area contributed by atoms with Crippen LogP contribution >= 0.6 is 0 Å². The van der Waals surface area contributed by atoms with Gasteiger partial charge in [-0.15, -0.1) is 0 Å². The van der Waals surface area contributed by atoms with E-state index in [0.717, 1.165) is 12.3 Å². The van der Waals surface area contributed by atoms with E-state index in [9.17, 15) is 23.5 Å². The van der Waals surface area contributed by atoms with E-state index >= 15 is 0 Å². The van der Waals surface area contributed by atoms with Crippen molar-refractivity contribution < 1.29 is 32.9 Å². The Balaban J connectivity index is 2.13. The molecule has 134 valence electrons. The third kappa shape index (κ3) is 3.62. The van der Waals surface area contributed by atoms with Crippen molar-refractivity contribution in [2.24, 2.45) is 0 Å². The molecular weight excluding hydrogens is 332 g/mol. The second-order valence-corrected chi connectivity index (χ2v) is 5.42. The Bertz CT molecular complexity index is 665. The van der Waals surface area contributed by atoms with Crippen LogP contribution in [0.4, 0.5) is 19.4 Å². The number of nitrogens with zero attached hydrogens (tertiary/aromatic N) is 2. The highest BCUT2D eigenvalue weighted by Crippen LogP contribution is 2.42. The van der Waals surface area contributed by atoms with E-state index in [1.165, 1.54) is 0 Å². The van der Waals surface area contributed by atoms with Gasteiger partial charge >= 0.3 is 17.8 Å². The molecule has 0 saturated carbocycles. The minimum absolute atomic E-state index is 0.144. The standard InChI is InChI=1S/C13H17F2N3O6/c1-6(2)23-12(21)22-5-7-9(19)13(14,15)10(24-7)18-4-3-8(16)17-11(18)20/h3-4,6-7,9-10,19H,5H2,1-2H3,(H2,16,17,20)/t7-,9?,10-/m1/s1. The lowest BCUT2D eigenvalue weighted by Gasteiger charge is -2.20. The predicted molar refractivity (Wildman–Crippen MR) is 75.3 cm³/mol. The zero-order valence-corrected chi connectivity index (χ0v) is 12.9. The summed E-state index contributed by atoms with van der Waals surface area (Å²) in [7, 11) is 0. The number of carbonyl (C=O) groups excluding carboxylic acids is 1. The lowest BCUT2D eigenvalue weighted by atomic mass is 10.1. The maximum Gasteiger partial charge on any atom is 0.508 e. The van der Waals surface area contributed by atoms with Crippen LogP contribution in [-0.2, 0) is 14.2 Å². The third-order valence-corrected chi connectivity index (χ3v) is 3.18. The molecule has 1 aliphatic rings. The third-order valence-electron chi connectivity index (χ3n) is 3.18. The Morgan fingerprint density at radius 3 is 2.83 bits per heavy atom. The first-order valence-corrected chi connectivity index (χ1v) is 7.02. The molecule has 11 heteroatoms. The molecule has 1 aromatic rings. The number of anilines is 1. The maximum atomic E-state index is 14.2. The minimum Gasteiger partial charge on any atom is -0.432 e. The van der Waals surface area contributed by atoms with Gasteiger partial charge in [-0.05, 0) is 19.9 Å². The van der Waals surface area contributed by atoms with Crippen LogP contribution < -0.4 is 11.4 Å². The van der Waals surface area contributed by atoms with Crippen molar-refractivity contribution in [3.05, 3.63) is 22.7 Å². The first kappa shape index (κ1) is 18.1. The number of ether oxygens (including phenoxy) is 3. The van der Waals surface area contributed by atoms with Crippen molar-refractivity contribution in [3.63, 3.8) is 0 Å². The first-order valence-electron chi connectivity index (χ1n) is 7.02. The summed E-state index contributed by atoms with van der Waals surface area (Å²) in [5.41, 5.74) is 4.23. The monoisotopic (exact) mass is 349 g/mol. The number of nitrogens with two attached hydrogens (primary N) is 1. The summed E-state index contributed by atoms with van der Waals surface area (Å²) in [6, 6.07) is 1.14. The van der Waals surface area contributed by atoms with Gasteiger partial charge in [-0.2, -0.15) is 13.8 Å². The van der Waals surface area contributed by atoms with Crippen molar-refractivity contribution in [1.82, 2.24) is 9.55 Å². The SMILES string of the molecule is CC(C)OC(=O)OC[C@H]1O[C@@H](n2ccc(N)nc2=O)C(F)(F)C1O. The molecule has 1 saturated heterocycles. The number of aromatic nitrogens is 2. The topological polar surface area (TPSA) is 126 Å². The number of alkyl halides is 2. The highest BCUT2D eigenvalue weighted by atomic mass is 19.3. The Kier molecular flexibility index (Phi) is 5.04. The van der Waals surface area contributed by atoms with E-state index in [1.807, 2.05) is 0 Å². The number of carbonyl (C=O) groups is 1. The van der Waals surface area contributed by atoms with Gasteiger partial charge in [0.2, 0.25) is 6.23 Å². The van der Waals surface area contributed by atoms with Gasteiger partial charge in [-0.1, -0.05) is 0 Å². The molecular formula is C13H17F2N3O6. The fraction of sp³-hybridized carbons (Fsp3) is 0.615. The molecule has 0 bridgehead atoms. The average Bonchev–Trinajstić information content (AvgIpc) is 2.68. The van der Waals surface area contributed by atoms with Crippen molar-refractivity contribution >= 4 is 12.0 Å². The fourth-order valence-electron chi connectivity index (χ4n) is 2.09. The average molecular weight is 349 g/mol. The summed E-state index contributed by atoms with van der Waals surface area (Å²) < 4.78 is 43.2. The van der Waals surface area contributed by atoms with E-state index in [2.05, 4.69) is 14.5 Å². The molecule has 3 atom stereocenters. The van der Waals surface area contributed by atoms with E-state index < -0.39 is 48.9 Å². The second kappa shape index (κ2) is 6.69. The van der Waals surface area contributed by atoms with Gasteiger partial charge in [0, 0.05) is 6.20 Å². The van der Waals surface area contributed by atoms with Gasteiger partial charge in [0.05, 0.1) is 6.10 Å². The van der Waals surface area contributed by atoms with Crippen molar-refractivity contribution in [3.8, 4) is 0 Å². The number of aliphatic hydroxyl groups excluding tert-OH is 1. The molecule has 0 aliphatic carbocycles. The first-order chi connectivity index (χ1) is 11.1. The van der Waals surface area contributed by atoms with Gasteiger partial charge in [0.15, 0.2) is 6.10 Å². The zero-order valence-electron chi connectivity index (χ0n) is 12.9. The zero-order chi connectivity index (χ0) is 18.1. The number of halogens is 2. The smallest absolute Gasteiger partial charge is 0.432 e. The molecule has 24 heavy (non-hydrogen) atoms. The number of rotatable bonds is 4. The molecule has 2 heterocycles. The van der Waals surface area contributed by atoms with E-state index in [1.54, 1.807) is 13.8 Å². The summed E-state index contributed by atoms with van der Waals surface area (Å²) in [6.45, 7) is 2.48. The molecule has 1 aliphatic heterocycles. The fourth-order valence-corrected chi connectivity index (χ4v) is 2.09. The van der Waals surface area contributed by atoms with Crippen LogP contribution in [0.5, 0.6) is 0 Å². The number of hydrogen-bond acceptors (Lipinski definition) is 8. The molecule has 1 fully saturated rings. The quantitative estimate of drug-likeness (QED) is 0.743. The number of nitrogen functional groups attached to an aromatic ring is 1. The molecule has 9 nitrogen and oxygen atoms in total. The number of hydrogen-bond donors (Lipinski definition) is 2. The van der Waals surface area contributed by atoms with E-state index in [-0.39, 0.29) is 5.82 Å². The van der Waals surface area contributed by atoms with Gasteiger partial charge in [0.25, 0.3) is 0 Å². The molecule has 0 radical (unpaired) electrons. The largest absolute Gasteiger partial charge is 0.508 e. The summed E-state index contributed by atoms with van der Waals surface area (Å²) in [6.07, 6.45) is -6.51. The molecule has 0 amide bonds. The Labute approximate surface area is 134 Å². The number of aliphatic hydroxyl groups is 1. The van der Waals surface area contributed by atoms with Gasteiger partial charge in [0.1, 0.15) is 18.5 Å². The Hall–Kier alpha value is -2.27. The Morgan fingerprint density at radius 2 is 2.25 bits per heavy atom. The van der Waals surface area contributed by atoms with Crippen LogP contribution in [0.3, 0.4) is 0 Å². The predicted octanol–water partition coefficient (Wildman–Crippen LogP) is 0.281. The van der Waals surface area contributed by atoms with Gasteiger partial charge < -0.3 is 25.1 Å². The highest BCUT2D eigenvalue weighted by Gasteiger charge is 2.60. The molecule has 2 rings (SSSR count). The van der Waals surface area contributed by atoms with Crippen LogP contribution in [0, 0.1) is 0 Å². The minimum atomic E-state index is -3.81. The summed E-state index contributed by atoms with van der Waals surface area (Å²) in [5, 5.41) is 9.72. The molecule has 3 N–H and O–H groups in total. The van der Waals surface area contributed by atoms with E-state index in [4.69, 9.17) is 10.5 Å². The van der Waals surface area contributed by atoms with Crippen LogP contribution in [0.15, 0.2) is 17.1 Å². The van der Waals surface area contributed by atoms with Crippen LogP contribution in [-0.4, -0.2) is 51.7 Å². The van der Waals surface area contributed by atoms with Crippen molar-refractivity contribution in [2.75, 3.05) is 12.3 Å². The highest BCUT2D eigenvalue weighted by molar-refractivity contribution is 5.60. The Morgan fingerprint density at radius 1 is 1.58 bits per heavy atom. The van der Waals surface area contributed by atoms with Gasteiger partial charge in [-0.3, -0.25) is 4.57 Å². The second-order valence-electron chi connectivity index (χ2n) is 5.42. The normalized spacial score (nSPS) is 25.7. The van der Waals surface area contributed by atoms with Crippen molar-refractivity contribution in [2.45, 2.75) is 44.3 Å². The maximum absolute atomic E-state index is 14.2. The molecule has 1 unspecified atom stereocenters. The van der Waals surface area contributed by atoms with Crippen LogP contribution in [0.1, 0.15) is 20.1 Å². The molecule has 1 aromatic heterocycles. The van der Waals surface area contributed by atoms with Gasteiger partial charge in [-0.25, -0.2) is 9.59 Å². The lowest BCUT2D eigenvalue weighted by Crippen LogP contribution is -2.42. The molecule has 0 spiro atoms. The van der Waals surface area contributed by atoms with Crippen LogP contribution in [0.25, 0.3) is 0 Å². The molecule has 0 aromatic carbocycles. The summed E-state index contributed by atoms with van der Waals surface area (Å²) in [4.78, 5) is 26.3. The lowest BCUT2D eigenvalue weighted by molar-refractivity contribution is -0.141. The van der Waals surface area contributed by atoms with Crippen molar-refractivity contribution in [1.29, 1.82) is 0 Å². The summed E-state index contributed by atoms with van der Waals surface area (Å²) in [5.74, 6) is -3.95. The van der Waals surface area contributed by atoms with E-state index in [0.29, 0.717) is 4.57 Å². The summed E-state index contributed by atoms with van der Waals surface area (Å²) >= 11 is 0.